The highest BCUT2D eigenvalue weighted by atomic mass is 79.9. The fraction of sp³-hybridized carbons (Fsp3) is 0.364. The Labute approximate surface area is 180 Å². The third-order valence-electron chi connectivity index (χ3n) is 4.50. The number of nitrogens with zero attached hydrogens (tertiary/aromatic N) is 1. The van der Waals surface area contributed by atoms with Gasteiger partial charge in [-0.25, -0.2) is 0 Å². The highest BCUT2D eigenvalue weighted by Gasteiger charge is 2.26. The van der Waals surface area contributed by atoms with Crippen LogP contribution in [0.4, 0.5) is 0 Å². The lowest BCUT2D eigenvalue weighted by Crippen LogP contribution is -2.49. The van der Waals surface area contributed by atoms with Crippen LogP contribution in [-0.2, 0) is 16.1 Å². The van der Waals surface area contributed by atoms with Crippen LogP contribution in [0.15, 0.2) is 46.9 Å². The summed E-state index contributed by atoms with van der Waals surface area (Å²) in [7, 11) is 1.59. The summed E-state index contributed by atoms with van der Waals surface area (Å²) < 4.78 is 11.9. The molecule has 1 N–H and O–H groups in total. The second kappa shape index (κ2) is 10.9. The molecule has 156 valence electrons. The van der Waals surface area contributed by atoms with Gasteiger partial charge in [0.05, 0.1) is 7.11 Å². The van der Waals surface area contributed by atoms with Crippen molar-refractivity contribution in [2.75, 3.05) is 20.3 Å². The van der Waals surface area contributed by atoms with Crippen LogP contribution in [-0.4, -0.2) is 43.0 Å². The van der Waals surface area contributed by atoms with Crippen molar-refractivity contribution in [3.8, 4) is 11.5 Å². The Bertz CT molecular complexity index is 856. The fourth-order valence-electron chi connectivity index (χ4n) is 2.81. The van der Waals surface area contributed by atoms with Gasteiger partial charge in [0.15, 0.2) is 6.61 Å². The Kier molecular flexibility index (Phi) is 8.51. The molecule has 0 bridgehead atoms. The summed E-state index contributed by atoms with van der Waals surface area (Å²) in [6.07, 6.45) is 0. The lowest BCUT2D eigenvalue weighted by Gasteiger charge is -2.28. The summed E-state index contributed by atoms with van der Waals surface area (Å²) in [5.74, 6) is 0.823. The molecule has 0 radical (unpaired) electrons. The summed E-state index contributed by atoms with van der Waals surface area (Å²) in [6.45, 7) is 6.13. The second-order valence-electron chi connectivity index (χ2n) is 6.64. The minimum absolute atomic E-state index is 0.158. The first-order valence-corrected chi connectivity index (χ1v) is 10.2. The molecule has 0 aliphatic rings. The maximum absolute atomic E-state index is 13.0. The van der Waals surface area contributed by atoms with Gasteiger partial charge in [-0.2, -0.15) is 0 Å². The molecule has 2 aromatic carbocycles. The van der Waals surface area contributed by atoms with Gasteiger partial charge in [0, 0.05) is 17.6 Å². The lowest BCUT2D eigenvalue weighted by molar-refractivity contribution is -0.142. The molecule has 29 heavy (non-hydrogen) atoms. The van der Waals surface area contributed by atoms with Gasteiger partial charge in [0.1, 0.15) is 17.5 Å². The molecule has 6 nitrogen and oxygen atoms in total. The number of ether oxygens (including phenoxy) is 2. The molecular formula is C22H27BrN2O4. The van der Waals surface area contributed by atoms with E-state index in [4.69, 9.17) is 9.47 Å². The summed E-state index contributed by atoms with van der Waals surface area (Å²) in [5, 5.41) is 2.77. The van der Waals surface area contributed by atoms with Crippen LogP contribution in [0.1, 0.15) is 25.0 Å². The molecule has 0 spiro atoms. The van der Waals surface area contributed by atoms with E-state index in [1.165, 1.54) is 4.90 Å². The van der Waals surface area contributed by atoms with E-state index < -0.39 is 6.04 Å². The number of benzene rings is 2. The van der Waals surface area contributed by atoms with E-state index >= 15 is 0 Å². The largest absolute Gasteiger partial charge is 0.497 e. The number of methoxy groups -OCH3 is 1. The summed E-state index contributed by atoms with van der Waals surface area (Å²) in [4.78, 5) is 26.9. The molecule has 2 aromatic rings. The first-order valence-electron chi connectivity index (χ1n) is 9.44. The van der Waals surface area contributed by atoms with E-state index in [2.05, 4.69) is 21.2 Å². The predicted octanol–water partition coefficient (Wildman–Crippen LogP) is 3.70. The van der Waals surface area contributed by atoms with Gasteiger partial charge in [0.2, 0.25) is 5.91 Å². The normalized spacial score (nSPS) is 11.5. The zero-order valence-corrected chi connectivity index (χ0v) is 18.8. The molecule has 0 unspecified atom stereocenters. The van der Waals surface area contributed by atoms with Gasteiger partial charge in [-0.05, 0) is 62.2 Å². The minimum atomic E-state index is -0.635. The first kappa shape index (κ1) is 22.7. The summed E-state index contributed by atoms with van der Waals surface area (Å²) in [6, 6.07) is 12.3. The zero-order valence-electron chi connectivity index (χ0n) is 17.2. The number of nitrogens with one attached hydrogen (secondary N) is 1. The number of carbonyl (C=O) groups excluding carboxylic acids is 2. The SMILES string of the molecule is CCNC(=O)[C@@H](C)N(Cc1cccc(OC)c1)C(=O)COc1ccc(Br)c(C)c1. The molecule has 0 aromatic heterocycles. The van der Waals surface area contributed by atoms with E-state index in [1.807, 2.05) is 50.2 Å². The number of halogens is 1. The van der Waals surface area contributed by atoms with Crippen LogP contribution in [0.3, 0.4) is 0 Å². The highest BCUT2D eigenvalue weighted by molar-refractivity contribution is 9.10. The number of likely N-dealkylation sites (N-methyl/N-ethyl adjacent to an activating group) is 1. The van der Waals surface area contributed by atoms with Crippen molar-refractivity contribution in [1.29, 1.82) is 0 Å². The Balaban J connectivity index is 2.16. The van der Waals surface area contributed by atoms with Gasteiger partial charge in [-0.3, -0.25) is 9.59 Å². The van der Waals surface area contributed by atoms with Crippen molar-refractivity contribution >= 4 is 27.7 Å². The summed E-state index contributed by atoms with van der Waals surface area (Å²) >= 11 is 3.45. The standard InChI is InChI=1S/C22H27BrN2O4/c1-5-24-22(27)16(3)25(13-17-7-6-8-18(12-17)28-4)21(26)14-29-19-9-10-20(23)15(2)11-19/h6-12,16H,5,13-14H2,1-4H3,(H,24,27)/t16-/m1/s1. The molecule has 0 heterocycles. The molecule has 0 saturated heterocycles. The Morgan fingerprint density at radius 2 is 1.93 bits per heavy atom. The van der Waals surface area contributed by atoms with Crippen molar-refractivity contribution in [1.82, 2.24) is 10.2 Å². The van der Waals surface area contributed by atoms with Gasteiger partial charge in [-0.15, -0.1) is 0 Å². The molecule has 0 saturated carbocycles. The zero-order chi connectivity index (χ0) is 21.4. The van der Waals surface area contributed by atoms with E-state index in [-0.39, 0.29) is 25.0 Å². The van der Waals surface area contributed by atoms with Crippen LogP contribution < -0.4 is 14.8 Å². The Morgan fingerprint density at radius 3 is 2.59 bits per heavy atom. The molecule has 0 aliphatic carbocycles. The molecule has 1 atom stereocenters. The summed E-state index contributed by atoms with van der Waals surface area (Å²) in [5.41, 5.74) is 1.88. The molecule has 7 heteroatoms. The van der Waals surface area contributed by atoms with Crippen LogP contribution in [0.5, 0.6) is 11.5 Å². The van der Waals surface area contributed by atoms with Crippen LogP contribution >= 0.6 is 15.9 Å². The Morgan fingerprint density at radius 1 is 1.17 bits per heavy atom. The molecule has 2 amide bonds. The Hall–Kier alpha value is -2.54. The van der Waals surface area contributed by atoms with Crippen molar-refractivity contribution in [2.24, 2.45) is 0 Å². The second-order valence-corrected chi connectivity index (χ2v) is 7.50. The lowest BCUT2D eigenvalue weighted by atomic mass is 10.1. The van der Waals surface area contributed by atoms with Gasteiger partial charge >= 0.3 is 0 Å². The highest BCUT2D eigenvalue weighted by Crippen LogP contribution is 2.22. The number of aryl methyl sites for hydroxylation is 1. The van der Waals surface area contributed by atoms with Gasteiger partial charge < -0.3 is 19.7 Å². The molecule has 0 aliphatic heterocycles. The van der Waals surface area contributed by atoms with Crippen molar-refractivity contribution in [3.05, 3.63) is 58.1 Å². The van der Waals surface area contributed by atoms with E-state index in [9.17, 15) is 9.59 Å². The third-order valence-corrected chi connectivity index (χ3v) is 5.39. The molecule has 0 fully saturated rings. The van der Waals surface area contributed by atoms with Crippen LogP contribution in [0.25, 0.3) is 0 Å². The quantitative estimate of drug-likeness (QED) is 0.616. The number of amides is 2. The van der Waals surface area contributed by atoms with Gasteiger partial charge in [-0.1, -0.05) is 28.1 Å². The van der Waals surface area contributed by atoms with Crippen LogP contribution in [0.2, 0.25) is 0 Å². The maximum Gasteiger partial charge on any atom is 0.261 e. The van der Waals surface area contributed by atoms with Crippen LogP contribution in [0, 0.1) is 6.92 Å². The number of hydrogen-bond donors (Lipinski definition) is 1. The average molecular weight is 463 g/mol. The van der Waals surface area contributed by atoms with E-state index in [1.54, 1.807) is 20.1 Å². The third kappa shape index (κ3) is 6.49. The smallest absolute Gasteiger partial charge is 0.261 e. The van der Waals surface area contributed by atoms with Crippen molar-refractivity contribution < 1.29 is 19.1 Å². The van der Waals surface area contributed by atoms with Crippen molar-refractivity contribution in [3.63, 3.8) is 0 Å². The minimum Gasteiger partial charge on any atom is -0.497 e. The number of carbonyl (C=O) groups is 2. The number of rotatable bonds is 9. The first-order chi connectivity index (χ1) is 13.8. The van der Waals surface area contributed by atoms with E-state index in [0.717, 1.165) is 15.6 Å². The van der Waals surface area contributed by atoms with Gasteiger partial charge in [0.25, 0.3) is 5.91 Å². The fourth-order valence-corrected chi connectivity index (χ4v) is 3.05. The van der Waals surface area contributed by atoms with Crippen molar-refractivity contribution in [2.45, 2.75) is 33.4 Å². The van der Waals surface area contributed by atoms with E-state index in [0.29, 0.717) is 18.0 Å². The number of hydrogen-bond acceptors (Lipinski definition) is 4. The average Bonchev–Trinajstić information content (AvgIpc) is 2.72. The predicted molar refractivity (Wildman–Crippen MR) is 116 cm³/mol. The monoisotopic (exact) mass is 462 g/mol. The maximum atomic E-state index is 13.0. The topological polar surface area (TPSA) is 67.9 Å². The molecular weight excluding hydrogens is 436 g/mol. The molecule has 2 rings (SSSR count).